The standard InChI is InChI=1S/C14H19NOS/c1-2-15(12-5-3-4-6-12)14(16)11-7-9-13(17)10-8-11/h7-10,12,17H,2-6H2,1H3. The fourth-order valence-corrected chi connectivity index (χ4v) is 2.70. The highest BCUT2D eigenvalue weighted by Crippen LogP contribution is 2.24. The second-order valence-electron chi connectivity index (χ2n) is 4.58. The Hall–Kier alpha value is -0.960. The van der Waals surface area contributed by atoms with Crippen LogP contribution in [0.15, 0.2) is 29.2 Å². The monoisotopic (exact) mass is 249 g/mol. The van der Waals surface area contributed by atoms with E-state index in [4.69, 9.17) is 0 Å². The van der Waals surface area contributed by atoms with Crippen molar-refractivity contribution in [3.63, 3.8) is 0 Å². The number of benzene rings is 1. The summed E-state index contributed by atoms with van der Waals surface area (Å²) in [6.45, 7) is 2.86. The highest BCUT2D eigenvalue weighted by Gasteiger charge is 2.25. The van der Waals surface area contributed by atoms with Gasteiger partial charge in [-0.2, -0.15) is 0 Å². The Kier molecular flexibility index (Phi) is 4.11. The Morgan fingerprint density at radius 3 is 2.41 bits per heavy atom. The van der Waals surface area contributed by atoms with Crippen molar-refractivity contribution in [2.75, 3.05) is 6.54 Å². The molecule has 1 saturated carbocycles. The molecule has 1 fully saturated rings. The third-order valence-corrected chi connectivity index (χ3v) is 3.78. The van der Waals surface area contributed by atoms with Crippen LogP contribution in [0, 0.1) is 0 Å². The van der Waals surface area contributed by atoms with Gasteiger partial charge in [0.25, 0.3) is 5.91 Å². The smallest absolute Gasteiger partial charge is 0.254 e. The first-order valence-electron chi connectivity index (χ1n) is 6.32. The first-order chi connectivity index (χ1) is 8.22. The number of thiol groups is 1. The van der Waals surface area contributed by atoms with E-state index in [1.165, 1.54) is 12.8 Å². The second-order valence-corrected chi connectivity index (χ2v) is 5.09. The van der Waals surface area contributed by atoms with Gasteiger partial charge in [0.1, 0.15) is 0 Å². The molecule has 1 amide bonds. The van der Waals surface area contributed by atoms with Gasteiger partial charge in [0, 0.05) is 23.0 Å². The van der Waals surface area contributed by atoms with Crippen molar-refractivity contribution in [1.29, 1.82) is 0 Å². The Morgan fingerprint density at radius 1 is 1.29 bits per heavy atom. The van der Waals surface area contributed by atoms with Crippen LogP contribution in [0.4, 0.5) is 0 Å². The third kappa shape index (κ3) is 2.83. The Balaban J connectivity index is 2.13. The Bertz CT molecular complexity index is 382. The largest absolute Gasteiger partial charge is 0.336 e. The first kappa shape index (κ1) is 12.5. The molecule has 17 heavy (non-hydrogen) atoms. The molecule has 0 unspecified atom stereocenters. The van der Waals surface area contributed by atoms with E-state index < -0.39 is 0 Å². The summed E-state index contributed by atoms with van der Waals surface area (Å²) < 4.78 is 0. The van der Waals surface area contributed by atoms with Gasteiger partial charge in [-0.1, -0.05) is 12.8 Å². The van der Waals surface area contributed by atoms with Crippen LogP contribution in [-0.4, -0.2) is 23.4 Å². The zero-order chi connectivity index (χ0) is 12.3. The van der Waals surface area contributed by atoms with Crippen molar-refractivity contribution >= 4 is 18.5 Å². The summed E-state index contributed by atoms with van der Waals surface area (Å²) in [6.07, 6.45) is 4.82. The summed E-state index contributed by atoms with van der Waals surface area (Å²) >= 11 is 4.24. The molecule has 0 atom stereocenters. The number of nitrogens with zero attached hydrogens (tertiary/aromatic N) is 1. The third-order valence-electron chi connectivity index (χ3n) is 3.48. The molecular formula is C14H19NOS. The van der Waals surface area contributed by atoms with E-state index in [9.17, 15) is 4.79 Å². The van der Waals surface area contributed by atoms with E-state index in [0.29, 0.717) is 6.04 Å². The first-order valence-corrected chi connectivity index (χ1v) is 6.77. The number of hydrogen-bond acceptors (Lipinski definition) is 2. The fourth-order valence-electron chi connectivity index (χ4n) is 2.55. The topological polar surface area (TPSA) is 20.3 Å². The molecule has 1 aliphatic carbocycles. The van der Waals surface area contributed by atoms with Crippen LogP contribution in [-0.2, 0) is 0 Å². The van der Waals surface area contributed by atoms with Crippen molar-refractivity contribution in [2.24, 2.45) is 0 Å². The number of carbonyl (C=O) groups excluding carboxylic acids is 1. The zero-order valence-corrected chi connectivity index (χ0v) is 11.1. The molecule has 0 radical (unpaired) electrons. The molecule has 0 bridgehead atoms. The maximum atomic E-state index is 12.4. The van der Waals surface area contributed by atoms with Gasteiger partial charge in [0.05, 0.1) is 0 Å². The molecule has 2 rings (SSSR count). The fraction of sp³-hybridized carbons (Fsp3) is 0.500. The lowest BCUT2D eigenvalue weighted by atomic mass is 10.1. The Labute approximate surface area is 108 Å². The molecule has 1 aromatic carbocycles. The van der Waals surface area contributed by atoms with Gasteiger partial charge in [0.2, 0.25) is 0 Å². The minimum atomic E-state index is 0.160. The van der Waals surface area contributed by atoms with E-state index in [1.807, 2.05) is 29.2 Å². The molecule has 3 heteroatoms. The number of hydrogen-bond donors (Lipinski definition) is 1. The lowest BCUT2D eigenvalue weighted by Gasteiger charge is -2.27. The number of carbonyl (C=O) groups is 1. The van der Waals surface area contributed by atoms with Crippen molar-refractivity contribution in [3.05, 3.63) is 29.8 Å². The molecule has 2 nitrogen and oxygen atoms in total. The molecule has 0 aromatic heterocycles. The van der Waals surface area contributed by atoms with Crippen LogP contribution < -0.4 is 0 Å². The van der Waals surface area contributed by atoms with Crippen molar-refractivity contribution < 1.29 is 4.79 Å². The van der Waals surface area contributed by atoms with Gasteiger partial charge < -0.3 is 4.90 Å². The van der Waals surface area contributed by atoms with Gasteiger partial charge in [-0.05, 0) is 44.0 Å². The Morgan fingerprint density at radius 2 is 1.88 bits per heavy atom. The molecule has 0 N–H and O–H groups in total. The predicted molar refractivity (Wildman–Crippen MR) is 72.7 cm³/mol. The van der Waals surface area contributed by atoms with Gasteiger partial charge >= 0.3 is 0 Å². The lowest BCUT2D eigenvalue weighted by Crippen LogP contribution is -2.38. The molecule has 0 saturated heterocycles. The van der Waals surface area contributed by atoms with Crippen LogP contribution in [0.2, 0.25) is 0 Å². The van der Waals surface area contributed by atoms with Crippen LogP contribution >= 0.6 is 12.6 Å². The maximum Gasteiger partial charge on any atom is 0.254 e. The second kappa shape index (κ2) is 5.58. The van der Waals surface area contributed by atoms with Gasteiger partial charge in [-0.15, -0.1) is 12.6 Å². The quantitative estimate of drug-likeness (QED) is 0.814. The minimum Gasteiger partial charge on any atom is -0.336 e. The van der Waals surface area contributed by atoms with Crippen LogP contribution in [0.5, 0.6) is 0 Å². The van der Waals surface area contributed by atoms with Crippen molar-refractivity contribution in [2.45, 2.75) is 43.5 Å². The highest BCUT2D eigenvalue weighted by molar-refractivity contribution is 7.80. The van der Waals surface area contributed by atoms with Gasteiger partial charge in [-0.25, -0.2) is 0 Å². The van der Waals surface area contributed by atoms with Crippen LogP contribution in [0.3, 0.4) is 0 Å². The summed E-state index contributed by atoms with van der Waals surface area (Å²) in [5, 5.41) is 0. The zero-order valence-electron chi connectivity index (χ0n) is 10.2. The molecule has 0 heterocycles. The summed E-state index contributed by atoms with van der Waals surface area (Å²) in [5.41, 5.74) is 0.775. The van der Waals surface area contributed by atoms with Crippen molar-refractivity contribution in [1.82, 2.24) is 4.90 Å². The molecule has 0 aliphatic heterocycles. The molecule has 1 aliphatic rings. The molecular weight excluding hydrogens is 230 g/mol. The summed E-state index contributed by atoms with van der Waals surface area (Å²) in [4.78, 5) is 15.3. The van der Waals surface area contributed by atoms with Crippen LogP contribution in [0.25, 0.3) is 0 Å². The summed E-state index contributed by atoms with van der Waals surface area (Å²) in [5.74, 6) is 0.160. The molecule has 0 spiro atoms. The predicted octanol–water partition coefficient (Wildman–Crippen LogP) is 3.38. The van der Waals surface area contributed by atoms with Gasteiger partial charge in [-0.3, -0.25) is 4.79 Å². The maximum absolute atomic E-state index is 12.4. The molecule has 1 aromatic rings. The summed E-state index contributed by atoms with van der Waals surface area (Å²) in [7, 11) is 0. The van der Waals surface area contributed by atoms with E-state index in [0.717, 1.165) is 29.8 Å². The van der Waals surface area contributed by atoms with E-state index in [1.54, 1.807) is 0 Å². The van der Waals surface area contributed by atoms with Gasteiger partial charge in [0.15, 0.2) is 0 Å². The molecule has 92 valence electrons. The van der Waals surface area contributed by atoms with E-state index in [-0.39, 0.29) is 5.91 Å². The summed E-state index contributed by atoms with van der Waals surface area (Å²) in [6, 6.07) is 7.92. The lowest BCUT2D eigenvalue weighted by molar-refractivity contribution is 0.0693. The van der Waals surface area contributed by atoms with Crippen molar-refractivity contribution in [3.8, 4) is 0 Å². The SMILES string of the molecule is CCN(C(=O)c1ccc(S)cc1)C1CCCC1. The number of amides is 1. The number of rotatable bonds is 3. The highest BCUT2D eigenvalue weighted by atomic mass is 32.1. The van der Waals surface area contributed by atoms with E-state index in [2.05, 4.69) is 19.6 Å². The average molecular weight is 249 g/mol. The normalized spacial score (nSPS) is 16.1. The van der Waals surface area contributed by atoms with Crippen LogP contribution in [0.1, 0.15) is 43.0 Å². The minimum absolute atomic E-state index is 0.160. The average Bonchev–Trinajstić information content (AvgIpc) is 2.84. The van der Waals surface area contributed by atoms with E-state index >= 15 is 0 Å².